The average Bonchev–Trinajstić information content (AvgIpc) is 3.39. The van der Waals surface area contributed by atoms with Crippen LogP contribution < -0.4 is 0 Å². The lowest BCUT2D eigenvalue weighted by molar-refractivity contribution is -0.134. The summed E-state index contributed by atoms with van der Waals surface area (Å²) in [5.41, 5.74) is 1.36. The van der Waals surface area contributed by atoms with Gasteiger partial charge in [-0.3, -0.25) is 9.69 Å². The third kappa shape index (κ3) is 3.65. The Hall–Kier alpha value is -2.14. The number of imidazole rings is 1. The van der Waals surface area contributed by atoms with Crippen molar-refractivity contribution in [1.82, 2.24) is 19.4 Å². The predicted molar refractivity (Wildman–Crippen MR) is 106 cm³/mol. The smallest absolute Gasteiger partial charge is 0.227 e. The maximum Gasteiger partial charge on any atom is 0.227 e. The molecule has 0 radical (unpaired) electrons. The van der Waals surface area contributed by atoms with Crippen LogP contribution in [0.4, 0.5) is 0 Å². The number of rotatable bonds is 6. The van der Waals surface area contributed by atoms with Gasteiger partial charge in [0, 0.05) is 51.5 Å². The molecule has 0 aliphatic carbocycles. The molecule has 0 spiro atoms. The summed E-state index contributed by atoms with van der Waals surface area (Å²) in [5, 5.41) is 0. The molecule has 0 unspecified atom stereocenters. The molecule has 0 saturated carbocycles. The van der Waals surface area contributed by atoms with Crippen LogP contribution in [0.2, 0.25) is 0 Å². The summed E-state index contributed by atoms with van der Waals surface area (Å²) in [6.07, 6.45) is 8.99. The minimum Gasteiger partial charge on any atom is -0.345 e. The highest BCUT2D eigenvalue weighted by molar-refractivity contribution is 5.80. The van der Waals surface area contributed by atoms with Crippen molar-refractivity contribution >= 4 is 5.91 Å². The van der Waals surface area contributed by atoms with Crippen LogP contribution >= 0.6 is 0 Å². The molecule has 5 nitrogen and oxygen atoms in total. The molecule has 4 rings (SSSR count). The van der Waals surface area contributed by atoms with Gasteiger partial charge in [0.15, 0.2) is 0 Å². The Kier molecular flexibility index (Phi) is 5.30. The summed E-state index contributed by atoms with van der Waals surface area (Å²) in [4.78, 5) is 22.1. The van der Waals surface area contributed by atoms with Crippen molar-refractivity contribution in [2.45, 2.75) is 44.2 Å². The number of nitrogens with zero attached hydrogens (tertiary/aromatic N) is 4. The Labute approximate surface area is 162 Å². The van der Waals surface area contributed by atoms with Crippen LogP contribution in [0.5, 0.6) is 0 Å². The Bertz CT molecular complexity index is 772. The van der Waals surface area contributed by atoms with Crippen molar-refractivity contribution in [3.63, 3.8) is 0 Å². The van der Waals surface area contributed by atoms with E-state index in [1.165, 1.54) is 12.0 Å². The van der Waals surface area contributed by atoms with E-state index in [9.17, 15) is 4.79 Å². The molecule has 1 amide bonds. The average molecular weight is 367 g/mol. The maximum atomic E-state index is 13.2. The predicted octanol–water partition coefficient (Wildman–Crippen LogP) is 3.04. The van der Waals surface area contributed by atoms with Gasteiger partial charge in [-0.2, -0.15) is 0 Å². The van der Waals surface area contributed by atoms with E-state index in [0.717, 1.165) is 44.6 Å². The second-order valence-corrected chi connectivity index (χ2v) is 8.03. The number of amides is 1. The molecular formula is C22H30N4O. The first kappa shape index (κ1) is 18.2. The van der Waals surface area contributed by atoms with Crippen LogP contribution in [0.25, 0.3) is 0 Å². The van der Waals surface area contributed by atoms with Crippen molar-refractivity contribution in [3.8, 4) is 0 Å². The molecule has 1 aromatic heterocycles. The fourth-order valence-corrected chi connectivity index (χ4v) is 4.94. The maximum absolute atomic E-state index is 13.2. The molecule has 3 atom stereocenters. The van der Waals surface area contributed by atoms with Crippen molar-refractivity contribution < 1.29 is 4.79 Å². The molecule has 2 aromatic rings. The van der Waals surface area contributed by atoms with Gasteiger partial charge in [-0.15, -0.1) is 0 Å². The van der Waals surface area contributed by atoms with E-state index in [4.69, 9.17) is 0 Å². The topological polar surface area (TPSA) is 41.4 Å². The largest absolute Gasteiger partial charge is 0.345 e. The van der Waals surface area contributed by atoms with E-state index in [-0.39, 0.29) is 5.92 Å². The van der Waals surface area contributed by atoms with Crippen LogP contribution in [-0.4, -0.2) is 51.4 Å². The monoisotopic (exact) mass is 366 g/mol. The van der Waals surface area contributed by atoms with Crippen molar-refractivity contribution in [1.29, 1.82) is 0 Å². The lowest BCUT2D eigenvalue weighted by Crippen LogP contribution is -2.39. The van der Waals surface area contributed by atoms with E-state index >= 15 is 0 Å². The van der Waals surface area contributed by atoms with Crippen LogP contribution in [0.15, 0.2) is 42.7 Å². The van der Waals surface area contributed by atoms with Crippen LogP contribution in [0.3, 0.4) is 0 Å². The minimum atomic E-state index is 0.135. The third-order valence-electron chi connectivity index (χ3n) is 6.38. The first-order valence-electron chi connectivity index (χ1n) is 10.2. The van der Waals surface area contributed by atoms with Gasteiger partial charge in [0.25, 0.3) is 0 Å². The van der Waals surface area contributed by atoms with Gasteiger partial charge in [-0.05, 0) is 37.8 Å². The lowest BCUT2D eigenvalue weighted by atomic mass is 9.93. The van der Waals surface area contributed by atoms with Crippen molar-refractivity contribution in [3.05, 3.63) is 54.1 Å². The summed E-state index contributed by atoms with van der Waals surface area (Å²) in [6.45, 7) is 1.92. The quantitative estimate of drug-likeness (QED) is 0.789. The molecule has 0 N–H and O–H groups in total. The second-order valence-electron chi connectivity index (χ2n) is 8.03. The Balaban J connectivity index is 1.38. The highest BCUT2D eigenvalue weighted by atomic mass is 16.2. The normalized spacial score (nSPS) is 24.9. The van der Waals surface area contributed by atoms with Gasteiger partial charge >= 0.3 is 0 Å². The number of fused-ring (bicyclic) bond motifs is 1. The summed E-state index contributed by atoms with van der Waals surface area (Å²) < 4.78 is 2.06. The molecule has 144 valence electrons. The molecule has 3 heterocycles. The number of hydrogen-bond donors (Lipinski definition) is 0. The van der Waals surface area contributed by atoms with E-state index < -0.39 is 0 Å². The molecule has 2 aliphatic heterocycles. The highest BCUT2D eigenvalue weighted by Crippen LogP contribution is 2.45. The number of hydrogen-bond acceptors (Lipinski definition) is 3. The lowest BCUT2D eigenvalue weighted by Gasteiger charge is -2.26. The van der Waals surface area contributed by atoms with Crippen molar-refractivity contribution in [2.24, 2.45) is 13.0 Å². The fraction of sp³-hybridized carbons (Fsp3) is 0.545. The van der Waals surface area contributed by atoms with Gasteiger partial charge in [0.1, 0.15) is 5.82 Å². The van der Waals surface area contributed by atoms with Gasteiger partial charge in [0.05, 0.1) is 5.92 Å². The number of aromatic nitrogens is 2. The summed E-state index contributed by atoms with van der Waals surface area (Å²) in [7, 11) is 3.99. The SMILES string of the molecule is CN(CCCc1nccn1C)C(=O)[C@H]1C[C@@H](c2ccccc2)N2CCC[C@H]12. The standard InChI is InChI=1S/C22H30N4O/c1-24-15-12-23-21(24)11-7-13-25(2)22(27)18-16-20(17-8-4-3-5-9-17)26-14-6-10-19(18)26/h3-5,8-9,12,15,18-20H,6-7,10-11,13-14,16H2,1-2H3/t18-,19+,20-/m0/s1. The van der Waals surface area contributed by atoms with Gasteiger partial charge in [0.2, 0.25) is 5.91 Å². The molecule has 2 aliphatic rings. The molecule has 27 heavy (non-hydrogen) atoms. The van der Waals surface area contributed by atoms with Gasteiger partial charge in [-0.1, -0.05) is 30.3 Å². The van der Waals surface area contributed by atoms with Crippen LogP contribution in [0, 0.1) is 5.92 Å². The number of carbonyl (C=O) groups excluding carboxylic acids is 1. The zero-order chi connectivity index (χ0) is 18.8. The fourth-order valence-electron chi connectivity index (χ4n) is 4.94. The van der Waals surface area contributed by atoms with E-state index in [1.807, 2.05) is 31.4 Å². The van der Waals surface area contributed by atoms with E-state index in [1.54, 1.807) is 0 Å². The second kappa shape index (κ2) is 7.85. The number of benzene rings is 1. The van der Waals surface area contributed by atoms with Crippen molar-refractivity contribution in [2.75, 3.05) is 20.1 Å². The van der Waals surface area contributed by atoms with Crippen LogP contribution in [0.1, 0.15) is 43.1 Å². The molecule has 2 fully saturated rings. The molecule has 2 saturated heterocycles. The van der Waals surface area contributed by atoms with Gasteiger partial charge < -0.3 is 9.47 Å². The van der Waals surface area contributed by atoms with Gasteiger partial charge in [-0.25, -0.2) is 4.98 Å². The number of aryl methyl sites for hydroxylation is 2. The highest BCUT2D eigenvalue weighted by Gasteiger charge is 2.47. The molecular weight excluding hydrogens is 336 g/mol. The first-order chi connectivity index (χ1) is 13.1. The summed E-state index contributed by atoms with van der Waals surface area (Å²) >= 11 is 0. The summed E-state index contributed by atoms with van der Waals surface area (Å²) in [6, 6.07) is 11.5. The molecule has 0 bridgehead atoms. The Morgan fingerprint density at radius 1 is 1.30 bits per heavy atom. The molecule has 1 aromatic carbocycles. The minimum absolute atomic E-state index is 0.135. The summed E-state index contributed by atoms with van der Waals surface area (Å²) in [5.74, 6) is 1.55. The zero-order valence-corrected chi connectivity index (χ0v) is 16.4. The third-order valence-corrected chi connectivity index (χ3v) is 6.38. The van der Waals surface area contributed by atoms with E-state index in [0.29, 0.717) is 18.0 Å². The Morgan fingerprint density at radius 2 is 2.11 bits per heavy atom. The van der Waals surface area contributed by atoms with Crippen LogP contribution in [-0.2, 0) is 18.3 Å². The Morgan fingerprint density at radius 3 is 2.85 bits per heavy atom. The first-order valence-corrected chi connectivity index (χ1v) is 10.2. The van der Waals surface area contributed by atoms with E-state index in [2.05, 4.69) is 44.8 Å². The zero-order valence-electron chi connectivity index (χ0n) is 16.4. The number of carbonyl (C=O) groups is 1. The molecule has 5 heteroatoms.